The zero-order valence-corrected chi connectivity index (χ0v) is 16.9. The molecule has 5 rings (SSSR count). The second-order valence-electron chi connectivity index (χ2n) is 8.29. The van der Waals surface area contributed by atoms with Gasteiger partial charge in [-0.15, -0.1) is 0 Å². The summed E-state index contributed by atoms with van der Waals surface area (Å²) in [5.74, 6) is 0.856. The number of hydrogen-bond acceptors (Lipinski definition) is 6. The van der Waals surface area contributed by atoms with Crippen LogP contribution in [0.15, 0.2) is 39.9 Å². The quantitative estimate of drug-likeness (QED) is 0.678. The van der Waals surface area contributed by atoms with E-state index in [0.717, 1.165) is 73.6 Å². The fraction of sp³-hybridized carbons (Fsp3) is 0.500. The van der Waals surface area contributed by atoms with E-state index in [1.54, 1.807) is 6.33 Å². The van der Waals surface area contributed by atoms with Crippen LogP contribution in [0.4, 0.5) is 5.69 Å². The minimum atomic E-state index is 0.0983. The van der Waals surface area contributed by atoms with E-state index in [1.807, 2.05) is 23.6 Å². The Morgan fingerprint density at radius 2 is 1.90 bits per heavy atom. The molecule has 0 amide bonds. The number of hydrogen-bond donors (Lipinski definition) is 0. The Bertz CT molecular complexity index is 1060. The Morgan fingerprint density at radius 1 is 1.10 bits per heavy atom. The van der Waals surface area contributed by atoms with E-state index in [9.17, 15) is 4.79 Å². The van der Waals surface area contributed by atoms with Crippen LogP contribution in [0.3, 0.4) is 0 Å². The molecule has 0 radical (unpaired) electrons. The van der Waals surface area contributed by atoms with Crippen molar-refractivity contribution in [2.75, 3.05) is 31.1 Å². The molecule has 2 aliphatic rings. The van der Waals surface area contributed by atoms with Crippen LogP contribution < -0.4 is 10.5 Å². The number of fused-ring (bicyclic) bond motifs is 1. The summed E-state index contributed by atoms with van der Waals surface area (Å²) in [6, 6.07) is 8.41. The highest BCUT2D eigenvalue weighted by Gasteiger charge is 2.21. The molecule has 0 spiro atoms. The molecule has 3 aromatic rings. The third kappa shape index (κ3) is 3.67. The molecular formula is C22H27N5O2. The Balaban J connectivity index is 1.29. The first kappa shape index (κ1) is 18.4. The highest BCUT2D eigenvalue weighted by molar-refractivity contribution is 5.81. The molecule has 7 nitrogen and oxygen atoms in total. The van der Waals surface area contributed by atoms with Crippen molar-refractivity contribution in [3.05, 3.63) is 52.4 Å². The van der Waals surface area contributed by atoms with E-state index in [2.05, 4.69) is 32.1 Å². The molecule has 1 aliphatic carbocycles. The number of anilines is 1. The Kier molecular flexibility index (Phi) is 4.83. The SMILES string of the molecule is Cc1cc(CN2CCN(c3ccc4c(=O)n(C5CCCC5)cnc4c3)CC2)no1. The number of aromatic nitrogens is 3. The Labute approximate surface area is 169 Å². The van der Waals surface area contributed by atoms with Gasteiger partial charge in [-0.1, -0.05) is 18.0 Å². The molecule has 1 aliphatic heterocycles. The van der Waals surface area contributed by atoms with Gasteiger partial charge in [-0.25, -0.2) is 4.98 Å². The fourth-order valence-corrected chi connectivity index (χ4v) is 4.65. The first-order valence-electron chi connectivity index (χ1n) is 10.6. The van der Waals surface area contributed by atoms with Gasteiger partial charge in [0, 0.05) is 50.5 Å². The fourth-order valence-electron chi connectivity index (χ4n) is 4.65. The first-order valence-corrected chi connectivity index (χ1v) is 10.6. The van der Waals surface area contributed by atoms with Crippen molar-refractivity contribution in [2.24, 2.45) is 0 Å². The summed E-state index contributed by atoms with van der Waals surface area (Å²) in [5, 5.41) is 4.82. The monoisotopic (exact) mass is 393 g/mol. The first-order chi connectivity index (χ1) is 14.2. The molecule has 152 valence electrons. The molecular weight excluding hydrogens is 366 g/mol. The van der Waals surface area contributed by atoms with Crippen LogP contribution >= 0.6 is 0 Å². The standard InChI is InChI=1S/C22H27N5O2/c1-16-12-17(24-29-16)14-25-8-10-26(11-9-25)19-6-7-20-21(13-19)23-15-27(22(20)28)18-4-2-3-5-18/h6-7,12-13,15,18H,2-5,8-11,14H2,1H3. The average molecular weight is 393 g/mol. The number of rotatable bonds is 4. The maximum Gasteiger partial charge on any atom is 0.261 e. The highest BCUT2D eigenvalue weighted by atomic mass is 16.5. The Hall–Kier alpha value is -2.67. The smallest absolute Gasteiger partial charge is 0.261 e. The van der Waals surface area contributed by atoms with Gasteiger partial charge in [0.05, 0.1) is 22.9 Å². The molecule has 0 bridgehead atoms. The molecule has 0 N–H and O–H groups in total. The van der Waals surface area contributed by atoms with Gasteiger partial charge in [0.15, 0.2) is 0 Å². The van der Waals surface area contributed by atoms with Gasteiger partial charge in [-0.2, -0.15) is 0 Å². The minimum Gasteiger partial charge on any atom is -0.369 e. The van der Waals surface area contributed by atoms with Crippen molar-refractivity contribution in [1.82, 2.24) is 19.6 Å². The zero-order valence-electron chi connectivity index (χ0n) is 16.9. The van der Waals surface area contributed by atoms with Crippen LogP contribution in [0.5, 0.6) is 0 Å². The van der Waals surface area contributed by atoms with Crippen molar-refractivity contribution in [2.45, 2.75) is 45.2 Å². The van der Waals surface area contributed by atoms with Crippen LogP contribution in [0, 0.1) is 6.92 Å². The third-order valence-corrected chi connectivity index (χ3v) is 6.29. The summed E-state index contributed by atoms with van der Waals surface area (Å²) in [5.41, 5.74) is 3.02. The van der Waals surface area contributed by atoms with Crippen LogP contribution in [-0.4, -0.2) is 45.8 Å². The lowest BCUT2D eigenvalue weighted by Crippen LogP contribution is -2.46. The van der Waals surface area contributed by atoms with Crippen molar-refractivity contribution in [3.63, 3.8) is 0 Å². The Morgan fingerprint density at radius 3 is 2.62 bits per heavy atom. The molecule has 0 unspecified atom stereocenters. The zero-order chi connectivity index (χ0) is 19.8. The van der Waals surface area contributed by atoms with E-state index >= 15 is 0 Å². The minimum absolute atomic E-state index is 0.0983. The predicted octanol–water partition coefficient (Wildman–Crippen LogP) is 3.13. The van der Waals surface area contributed by atoms with Gasteiger partial charge >= 0.3 is 0 Å². The number of nitrogens with zero attached hydrogens (tertiary/aromatic N) is 5. The van der Waals surface area contributed by atoms with Crippen LogP contribution in [0.25, 0.3) is 10.9 Å². The van der Waals surface area contributed by atoms with Gasteiger partial charge in [0.2, 0.25) is 0 Å². The van der Waals surface area contributed by atoms with E-state index in [1.165, 1.54) is 12.8 Å². The molecule has 1 saturated carbocycles. The normalized spacial score (nSPS) is 18.7. The topological polar surface area (TPSA) is 67.4 Å². The van der Waals surface area contributed by atoms with E-state index < -0.39 is 0 Å². The molecule has 0 atom stereocenters. The average Bonchev–Trinajstić information content (AvgIpc) is 3.41. The molecule has 2 fully saturated rings. The van der Waals surface area contributed by atoms with E-state index in [0.29, 0.717) is 6.04 Å². The summed E-state index contributed by atoms with van der Waals surface area (Å²) in [4.78, 5) is 22.3. The maximum atomic E-state index is 12.9. The summed E-state index contributed by atoms with van der Waals surface area (Å²) < 4.78 is 7.01. The van der Waals surface area contributed by atoms with Crippen LogP contribution in [-0.2, 0) is 6.54 Å². The molecule has 1 aromatic carbocycles. The maximum absolute atomic E-state index is 12.9. The van der Waals surface area contributed by atoms with E-state index in [-0.39, 0.29) is 5.56 Å². The predicted molar refractivity (Wildman–Crippen MR) is 112 cm³/mol. The highest BCUT2D eigenvalue weighted by Crippen LogP contribution is 2.28. The summed E-state index contributed by atoms with van der Waals surface area (Å²) >= 11 is 0. The van der Waals surface area contributed by atoms with Gasteiger partial charge < -0.3 is 9.42 Å². The second kappa shape index (κ2) is 7.63. The summed E-state index contributed by atoms with van der Waals surface area (Å²) in [7, 11) is 0. The van der Waals surface area contributed by atoms with Crippen molar-refractivity contribution >= 4 is 16.6 Å². The summed E-state index contributed by atoms with van der Waals surface area (Å²) in [6.07, 6.45) is 6.33. The number of piperazine rings is 1. The van der Waals surface area contributed by atoms with Crippen molar-refractivity contribution in [3.8, 4) is 0 Å². The van der Waals surface area contributed by atoms with Gasteiger partial charge in [0.1, 0.15) is 5.76 Å². The lowest BCUT2D eigenvalue weighted by atomic mass is 10.1. The molecule has 3 heterocycles. The number of aryl methyl sites for hydroxylation is 1. The largest absolute Gasteiger partial charge is 0.369 e. The number of benzene rings is 1. The van der Waals surface area contributed by atoms with Gasteiger partial charge in [-0.05, 0) is 38.0 Å². The lowest BCUT2D eigenvalue weighted by molar-refractivity contribution is 0.242. The van der Waals surface area contributed by atoms with Crippen LogP contribution in [0.1, 0.15) is 43.2 Å². The van der Waals surface area contributed by atoms with Crippen molar-refractivity contribution in [1.29, 1.82) is 0 Å². The molecule has 29 heavy (non-hydrogen) atoms. The van der Waals surface area contributed by atoms with Crippen LogP contribution in [0.2, 0.25) is 0 Å². The third-order valence-electron chi connectivity index (χ3n) is 6.29. The van der Waals surface area contributed by atoms with Crippen molar-refractivity contribution < 1.29 is 4.52 Å². The van der Waals surface area contributed by atoms with Gasteiger partial charge in [-0.3, -0.25) is 14.3 Å². The second-order valence-corrected chi connectivity index (χ2v) is 8.29. The lowest BCUT2D eigenvalue weighted by Gasteiger charge is -2.35. The molecule has 2 aromatic heterocycles. The van der Waals surface area contributed by atoms with Gasteiger partial charge in [0.25, 0.3) is 5.56 Å². The molecule has 1 saturated heterocycles. The van der Waals surface area contributed by atoms with E-state index in [4.69, 9.17) is 4.52 Å². The molecule has 7 heteroatoms. The summed E-state index contributed by atoms with van der Waals surface area (Å²) in [6.45, 7) is 6.58.